The summed E-state index contributed by atoms with van der Waals surface area (Å²) in [5, 5.41) is 0. The van der Waals surface area contributed by atoms with E-state index in [4.69, 9.17) is 10.5 Å². The van der Waals surface area contributed by atoms with Gasteiger partial charge in [0.05, 0.1) is 0 Å². The van der Waals surface area contributed by atoms with Crippen LogP contribution in [0.25, 0.3) is 0 Å². The molecular formula is C14H13FN2O. The minimum absolute atomic E-state index is 0.287. The van der Waals surface area contributed by atoms with E-state index in [0.717, 1.165) is 5.56 Å². The van der Waals surface area contributed by atoms with Crippen molar-refractivity contribution < 1.29 is 9.13 Å². The summed E-state index contributed by atoms with van der Waals surface area (Å²) in [5.41, 5.74) is 6.52. The number of ether oxygens (including phenoxy) is 1. The van der Waals surface area contributed by atoms with Gasteiger partial charge in [-0.3, -0.25) is 4.99 Å². The molecule has 2 rings (SSSR count). The summed E-state index contributed by atoms with van der Waals surface area (Å²) in [4.78, 5) is 3.89. The topological polar surface area (TPSA) is 47.6 Å². The molecule has 0 aliphatic carbocycles. The maximum absolute atomic E-state index is 12.7. The third-order valence-corrected chi connectivity index (χ3v) is 2.44. The molecule has 2 N–H and O–H groups in total. The second-order valence-electron chi connectivity index (χ2n) is 3.69. The van der Waals surface area contributed by atoms with Gasteiger partial charge in [-0.1, -0.05) is 0 Å². The predicted molar refractivity (Wildman–Crippen MR) is 69.6 cm³/mol. The van der Waals surface area contributed by atoms with E-state index in [1.54, 1.807) is 31.3 Å². The average Bonchev–Trinajstić information content (AvgIpc) is 2.41. The molecule has 3 nitrogen and oxygen atoms in total. The number of nitrogens with zero attached hydrogens (tertiary/aromatic N) is 1. The van der Waals surface area contributed by atoms with Gasteiger partial charge in [0.15, 0.2) is 0 Å². The van der Waals surface area contributed by atoms with E-state index in [-0.39, 0.29) is 5.82 Å². The van der Waals surface area contributed by atoms with Crippen molar-refractivity contribution in [3.05, 3.63) is 59.9 Å². The molecule has 0 radical (unpaired) electrons. The zero-order valence-corrected chi connectivity index (χ0v) is 9.93. The van der Waals surface area contributed by atoms with Crippen LogP contribution < -0.4 is 10.5 Å². The molecule has 0 aliphatic rings. The monoisotopic (exact) mass is 244 g/mol. The Hall–Kier alpha value is -2.36. The number of rotatable bonds is 3. The standard InChI is InChI=1S/C14H13FN2O/c1-17-14(16)10-2-6-12(7-3-10)18-13-8-4-11(15)5-9-13/h2-9H,1H3,(H2,16,17). The Morgan fingerprint density at radius 1 is 1.00 bits per heavy atom. The van der Waals surface area contributed by atoms with Crippen LogP contribution in [0.2, 0.25) is 0 Å². The van der Waals surface area contributed by atoms with Crippen molar-refractivity contribution in [2.24, 2.45) is 10.7 Å². The Morgan fingerprint density at radius 2 is 1.50 bits per heavy atom. The van der Waals surface area contributed by atoms with Crippen LogP contribution in [-0.4, -0.2) is 12.9 Å². The first-order valence-electron chi connectivity index (χ1n) is 5.45. The summed E-state index contributed by atoms with van der Waals surface area (Å²) >= 11 is 0. The predicted octanol–water partition coefficient (Wildman–Crippen LogP) is 2.95. The molecule has 0 aliphatic heterocycles. The molecule has 0 unspecified atom stereocenters. The smallest absolute Gasteiger partial charge is 0.127 e. The van der Waals surface area contributed by atoms with Gasteiger partial charge in [-0.05, 0) is 48.5 Å². The van der Waals surface area contributed by atoms with Crippen LogP contribution in [0.15, 0.2) is 53.5 Å². The fourth-order valence-corrected chi connectivity index (χ4v) is 1.46. The van der Waals surface area contributed by atoms with Crippen molar-refractivity contribution in [1.82, 2.24) is 0 Å². The molecule has 92 valence electrons. The molecular weight excluding hydrogens is 231 g/mol. The molecule has 0 heterocycles. The third-order valence-electron chi connectivity index (χ3n) is 2.44. The van der Waals surface area contributed by atoms with Crippen LogP contribution in [-0.2, 0) is 0 Å². The van der Waals surface area contributed by atoms with Gasteiger partial charge in [0.2, 0.25) is 0 Å². The van der Waals surface area contributed by atoms with Gasteiger partial charge in [0, 0.05) is 12.6 Å². The Balaban J connectivity index is 2.13. The number of halogens is 1. The Kier molecular flexibility index (Phi) is 3.57. The number of hydrogen-bond acceptors (Lipinski definition) is 2. The quantitative estimate of drug-likeness (QED) is 0.666. The Labute approximate surface area is 105 Å². The number of aliphatic imine (C=N–C) groups is 1. The number of hydrogen-bond donors (Lipinski definition) is 1. The molecule has 4 heteroatoms. The van der Waals surface area contributed by atoms with Crippen LogP contribution in [0, 0.1) is 5.82 Å². The van der Waals surface area contributed by atoms with Gasteiger partial charge >= 0.3 is 0 Å². The maximum Gasteiger partial charge on any atom is 0.127 e. The lowest BCUT2D eigenvalue weighted by Gasteiger charge is -2.06. The second kappa shape index (κ2) is 5.31. The zero-order valence-electron chi connectivity index (χ0n) is 9.93. The van der Waals surface area contributed by atoms with Gasteiger partial charge in [0.25, 0.3) is 0 Å². The van der Waals surface area contributed by atoms with E-state index < -0.39 is 0 Å². The first kappa shape index (κ1) is 12.1. The number of benzene rings is 2. The zero-order chi connectivity index (χ0) is 13.0. The Morgan fingerprint density at radius 3 is 2.00 bits per heavy atom. The van der Waals surface area contributed by atoms with E-state index in [9.17, 15) is 4.39 Å². The molecule has 18 heavy (non-hydrogen) atoms. The first-order valence-corrected chi connectivity index (χ1v) is 5.45. The molecule has 0 spiro atoms. The minimum atomic E-state index is -0.287. The summed E-state index contributed by atoms with van der Waals surface area (Å²) in [6, 6.07) is 13.1. The first-order chi connectivity index (χ1) is 8.69. The highest BCUT2D eigenvalue weighted by atomic mass is 19.1. The van der Waals surface area contributed by atoms with Gasteiger partial charge in [0.1, 0.15) is 23.2 Å². The molecule has 0 fully saturated rings. The summed E-state index contributed by atoms with van der Waals surface area (Å²) in [7, 11) is 1.64. The van der Waals surface area contributed by atoms with Crippen LogP contribution in [0.5, 0.6) is 11.5 Å². The van der Waals surface area contributed by atoms with Gasteiger partial charge < -0.3 is 10.5 Å². The van der Waals surface area contributed by atoms with Crippen molar-refractivity contribution in [2.45, 2.75) is 0 Å². The molecule has 2 aromatic rings. The van der Waals surface area contributed by atoms with Crippen molar-refractivity contribution >= 4 is 5.84 Å². The normalized spacial score (nSPS) is 11.3. The van der Waals surface area contributed by atoms with Gasteiger partial charge in [-0.2, -0.15) is 0 Å². The summed E-state index contributed by atoms with van der Waals surface area (Å²) in [6.07, 6.45) is 0. The van der Waals surface area contributed by atoms with Gasteiger partial charge in [-0.25, -0.2) is 4.39 Å². The lowest BCUT2D eigenvalue weighted by Crippen LogP contribution is -2.12. The summed E-state index contributed by atoms with van der Waals surface area (Å²) in [6.45, 7) is 0. The van der Waals surface area contributed by atoms with E-state index in [2.05, 4.69) is 4.99 Å². The molecule has 0 bridgehead atoms. The molecule has 0 saturated carbocycles. The van der Waals surface area contributed by atoms with E-state index in [1.807, 2.05) is 12.1 Å². The second-order valence-corrected chi connectivity index (χ2v) is 3.69. The summed E-state index contributed by atoms with van der Waals surface area (Å²) < 4.78 is 18.3. The van der Waals surface area contributed by atoms with Crippen LogP contribution >= 0.6 is 0 Å². The minimum Gasteiger partial charge on any atom is -0.457 e. The van der Waals surface area contributed by atoms with E-state index in [1.165, 1.54) is 12.1 Å². The lowest BCUT2D eigenvalue weighted by molar-refractivity contribution is 0.480. The number of amidine groups is 1. The van der Waals surface area contributed by atoms with Crippen molar-refractivity contribution in [3.8, 4) is 11.5 Å². The van der Waals surface area contributed by atoms with E-state index >= 15 is 0 Å². The average molecular weight is 244 g/mol. The lowest BCUT2D eigenvalue weighted by atomic mass is 10.2. The largest absolute Gasteiger partial charge is 0.457 e. The highest BCUT2D eigenvalue weighted by Gasteiger charge is 2.00. The maximum atomic E-state index is 12.7. The summed E-state index contributed by atoms with van der Waals surface area (Å²) in [5.74, 6) is 1.43. The van der Waals surface area contributed by atoms with Crippen LogP contribution in [0.3, 0.4) is 0 Å². The van der Waals surface area contributed by atoms with Crippen molar-refractivity contribution in [1.29, 1.82) is 0 Å². The highest BCUT2D eigenvalue weighted by molar-refractivity contribution is 5.97. The highest BCUT2D eigenvalue weighted by Crippen LogP contribution is 2.21. The Bertz CT molecular complexity index is 547. The van der Waals surface area contributed by atoms with Crippen LogP contribution in [0.4, 0.5) is 4.39 Å². The third kappa shape index (κ3) is 2.85. The molecule has 0 saturated heterocycles. The van der Waals surface area contributed by atoms with Crippen molar-refractivity contribution in [2.75, 3.05) is 7.05 Å². The van der Waals surface area contributed by atoms with Gasteiger partial charge in [-0.15, -0.1) is 0 Å². The fraction of sp³-hybridized carbons (Fsp3) is 0.0714. The molecule has 0 amide bonds. The molecule has 2 aromatic carbocycles. The molecule has 0 atom stereocenters. The SMILES string of the molecule is CN=C(N)c1ccc(Oc2ccc(F)cc2)cc1. The van der Waals surface area contributed by atoms with E-state index in [0.29, 0.717) is 17.3 Å². The molecule has 0 aromatic heterocycles. The van der Waals surface area contributed by atoms with Crippen molar-refractivity contribution in [3.63, 3.8) is 0 Å². The number of nitrogens with two attached hydrogens (primary N) is 1. The fourth-order valence-electron chi connectivity index (χ4n) is 1.46. The van der Waals surface area contributed by atoms with Crippen LogP contribution in [0.1, 0.15) is 5.56 Å².